The van der Waals surface area contributed by atoms with E-state index in [0.717, 1.165) is 36.1 Å². The Kier molecular flexibility index (Phi) is 6.74. The number of alkyl halides is 1. The van der Waals surface area contributed by atoms with Crippen LogP contribution in [-0.2, 0) is 6.42 Å². The molecule has 0 saturated carbocycles. The van der Waals surface area contributed by atoms with E-state index in [1.165, 1.54) is 5.56 Å². The van der Waals surface area contributed by atoms with Crippen molar-refractivity contribution < 1.29 is 4.39 Å². The summed E-state index contributed by atoms with van der Waals surface area (Å²) < 4.78 is 12.7. The van der Waals surface area contributed by atoms with E-state index >= 15 is 0 Å². The highest BCUT2D eigenvalue weighted by Crippen LogP contribution is 2.18. The summed E-state index contributed by atoms with van der Waals surface area (Å²) in [6, 6.07) is 12.5. The molecule has 2 heteroatoms. The standard InChI is InChI=1S/C21H24FN/c1-3-7-18-10-13-20(14-11-18)21-15-12-19(16-23-21)9-6-4-5-8-17(2)22/h3,6,9-17H,1,4-5,7-8H2,2H3. The van der Waals surface area contributed by atoms with Crippen molar-refractivity contribution in [2.24, 2.45) is 0 Å². The molecule has 0 amide bonds. The van der Waals surface area contributed by atoms with Crippen LogP contribution in [0, 0.1) is 0 Å². The summed E-state index contributed by atoms with van der Waals surface area (Å²) in [6.07, 6.45) is 10.5. The largest absolute Gasteiger partial charge is 0.256 e. The normalized spacial score (nSPS) is 12.4. The topological polar surface area (TPSA) is 12.9 Å². The number of benzene rings is 1. The van der Waals surface area contributed by atoms with Crippen LogP contribution in [0.15, 0.2) is 61.3 Å². The Morgan fingerprint density at radius 1 is 1.17 bits per heavy atom. The second-order valence-electron chi connectivity index (χ2n) is 5.78. The Morgan fingerprint density at radius 3 is 2.57 bits per heavy atom. The Bertz CT molecular complexity index is 624. The molecule has 2 rings (SSSR count). The fourth-order valence-corrected chi connectivity index (χ4v) is 2.39. The summed E-state index contributed by atoms with van der Waals surface area (Å²) in [5, 5.41) is 0. The van der Waals surface area contributed by atoms with E-state index in [4.69, 9.17) is 0 Å². The third kappa shape index (κ3) is 5.82. The number of allylic oxidation sites excluding steroid dienone is 2. The number of hydrogen-bond donors (Lipinski definition) is 0. The molecule has 1 aromatic carbocycles. The van der Waals surface area contributed by atoms with Gasteiger partial charge in [0, 0.05) is 11.8 Å². The molecule has 0 aliphatic heterocycles. The predicted octanol–water partition coefficient (Wildman–Crippen LogP) is 6.02. The number of unbranched alkanes of at least 4 members (excludes halogenated alkanes) is 1. The lowest BCUT2D eigenvalue weighted by molar-refractivity contribution is 0.335. The predicted molar refractivity (Wildman–Crippen MR) is 97.0 cm³/mol. The molecule has 0 spiro atoms. The summed E-state index contributed by atoms with van der Waals surface area (Å²) in [4.78, 5) is 4.52. The maximum atomic E-state index is 12.7. The molecule has 2 aromatic rings. The van der Waals surface area contributed by atoms with Crippen LogP contribution in [0.4, 0.5) is 4.39 Å². The van der Waals surface area contributed by atoms with Gasteiger partial charge >= 0.3 is 0 Å². The molecular weight excluding hydrogens is 285 g/mol. The van der Waals surface area contributed by atoms with Crippen molar-refractivity contribution in [3.05, 3.63) is 72.5 Å². The minimum atomic E-state index is -0.706. The molecule has 23 heavy (non-hydrogen) atoms. The average Bonchev–Trinajstić information content (AvgIpc) is 2.56. The van der Waals surface area contributed by atoms with E-state index in [1.807, 2.05) is 24.4 Å². The van der Waals surface area contributed by atoms with Gasteiger partial charge in [-0.15, -0.1) is 6.58 Å². The zero-order valence-corrected chi connectivity index (χ0v) is 13.7. The maximum Gasteiger partial charge on any atom is 0.0973 e. The fraction of sp³-hybridized carbons (Fsp3) is 0.286. The molecule has 0 saturated heterocycles. The van der Waals surface area contributed by atoms with E-state index in [0.29, 0.717) is 6.42 Å². The molecule has 120 valence electrons. The lowest BCUT2D eigenvalue weighted by Crippen LogP contribution is -1.90. The summed E-state index contributed by atoms with van der Waals surface area (Å²) >= 11 is 0. The summed E-state index contributed by atoms with van der Waals surface area (Å²) in [7, 11) is 0. The van der Waals surface area contributed by atoms with Crippen molar-refractivity contribution >= 4 is 6.08 Å². The smallest absolute Gasteiger partial charge is 0.0973 e. The van der Waals surface area contributed by atoms with Crippen LogP contribution < -0.4 is 0 Å². The van der Waals surface area contributed by atoms with Crippen LogP contribution in [0.1, 0.15) is 37.3 Å². The van der Waals surface area contributed by atoms with Crippen LogP contribution in [0.3, 0.4) is 0 Å². The van der Waals surface area contributed by atoms with Gasteiger partial charge in [0.1, 0.15) is 0 Å². The lowest BCUT2D eigenvalue weighted by atomic mass is 10.1. The molecule has 1 aromatic heterocycles. The highest BCUT2D eigenvalue weighted by Gasteiger charge is 1.99. The molecule has 1 unspecified atom stereocenters. The van der Waals surface area contributed by atoms with Crippen molar-refractivity contribution in [1.29, 1.82) is 0 Å². The highest BCUT2D eigenvalue weighted by atomic mass is 19.1. The van der Waals surface area contributed by atoms with Gasteiger partial charge < -0.3 is 0 Å². The van der Waals surface area contributed by atoms with E-state index in [-0.39, 0.29) is 0 Å². The summed E-state index contributed by atoms with van der Waals surface area (Å²) in [5.74, 6) is 0. The Hall–Kier alpha value is -2.22. The van der Waals surface area contributed by atoms with Crippen molar-refractivity contribution in [2.45, 2.75) is 38.8 Å². The van der Waals surface area contributed by atoms with Crippen molar-refractivity contribution in [2.75, 3.05) is 0 Å². The molecule has 0 fully saturated rings. The zero-order chi connectivity index (χ0) is 16.5. The van der Waals surface area contributed by atoms with E-state index < -0.39 is 6.17 Å². The van der Waals surface area contributed by atoms with Crippen LogP contribution in [0.25, 0.3) is 17.3 Å². The Morgan fingerprint density at radius 2 is 1.96 bits per heavy atom. The molecule has 0 N–H and O–H groups in total. The van der Waals surface area contributed by atoms with Gasteiger partial charge in [0.25, 0.3) is 0 Å². The third-order valence-corrected chi connectivity index (χ3v) is 3.70. The van der Waals surface area contributed by atoms with Gasteiger partial charge in [0.05, 0.1) is 11.9 Å². The van der Waals surface area contributed by atoms with E-state index in [9.17, 15) is 4.39 Å². The minimum absolute atomic E-state index is 0.628. The lowest BCUT2D eigenvalue weighted by Gasteiger charge is -2.03. The number of rotatable bonds is 8. The Balaban J connectivity index is 1.93. The van der Waals surface area contributed by atoms with E-state index in [1.54, 1.807) is 6.92 Å². The number of hydrogen-bond acceptors (Lipinski definition) is 1. The maximum absolute atomic E-state index is 12.7. The number of nitrogens with zero attached hydrogens (tertiary/aromatic N) is 1. The number of halogens is 1. The monoisotopic (exact) mass is 309 g/mol. The van der Waals surface area contributed by atoms with Gasteiger partial charge in [-0.1, -0.05) is 48.6 Å². The van der Waals surface area contributed by atoms with Gasteiger partial charge in [-0.05, 0) is 49.8 Å². The minimum Gasteiger partial charge on any atom is -0.256 e. The molecule has 1 atom stereocenters. The van der Waals surface area contributed by atoms with Gasteiger partial charge in [0.15, 0.2) is 0 Å². The first-order valence-corrected chi connectivity index (χ1v) is 8.16. The molecule has 0 aliphatic rings. The first-order valence-electron chi connectivity index (χ1n) is 8.16. The number of pyridine rings is 1. The summed E-state index contributed by atoms with van der Waals surface area (Å²) in [5.41, 5.74) is 4.42. The first-order chi connectivity index (χ1) is 11.2. The SMILES string of the molecule is C=CCc1ccc(-c2ccc(C=CCCCC(C)F)cn2)cc1. The van der Waals surface area contributed by atoms with E-state index in [2.05, 4.69) is 48.0 Å². The van der Waals surface area contributed by atoms with Gasteiger partial charge in [-0.2, -0.15) is 0 Å². The van der Waals surface area contributed by atoms with Crippen LogP contribution in [0.5, 0.6) is 0 Å². The van der Waals surface area contributed by atoms with Gasteiger partial charge in [0.2, 0.25) is 0 Å². The molecule has 1 nitrogen and oxygen atoms in total. The number of aromatic nitrogens is 1. The molecule has 0 aliphatic carbocycles. The van der Waals surface area contributed by atoms with Crippen molar-refractivity contribution in [3.63, 3.8) is 0 Å². The molecule has 0 radical (unpaired) electrons. The van der Waals surface area contributed by atoms with Crippen LogP contribution in [0.2, 0.25) is 0 Å². The molecular formula is C21H24FN. The van der Waals surface area contributed by atoms with Crippen molar-refractivity contribution in [1.82, 2.24) is 4.98 Å². The van der Waals surface area contributed by atoms with Crippen LogP contribution >= 0.6 is 0 Å². The van der Waals surface area contributed by atoms with Crippen LogP contribution in [-0.4, -0.2) is 11.2 Å². The molecule has 1 heterocycles. The van der Waals surface area contributed by atoms with Gasteiger partial charge in [-0.3, -0.25) is 4.98 Å². The van der Waals surface area contributed by atoms with Gasteiger partial charge in [-0.25, -0.2) is 4.39 Å². The fourth-order valence-electron chi connectivity index (χ4n) is 2.39. The molecule has 0 bridgehead atoms. The first kappa shape index (κ1) is 17.1. The highest BCUT2D eigenvalue weighted by molar-refractivity contribution is 5.61. The zero-order valence-electron chi connectivity index (χ0n) is 13.7. The summed E-state index contributed by atoms with van der Waals surface area (Å²) in [6.45, 7) is 5.36. The second-order valence-corrected chi connectivity index (χ2v) is 5.78. The van der Waals surface area contributed by atoms with Crippen molar-refractivity contribution in [3.8, 4) is 11.3 Å². The average molecular weight is 309 g/mol. The Labute approximate surface area is 138 Å². The third-order valence-electron chi connectivity index (χ3n) is 3.70. The quantitative estimate of drug-likeness (QED) is 0.429. The second kappa shape index (κ2) is 9.04.